The molecular weight excluding hydrogens is 244 g/mol. The zero-order valence-corrected chi connectivity index (χ0v) is 11.1. The maximum Gasteiger partial charge on any atom is 0.307 e. The molecule has 0 saturated carbocycles. The third kappa shape index (κ3) is 5.09. The summed E-state index contributed by atoms with van der Waals surface area (Å²) in [6, 6.07) is 6.66. The summed E-state index contributed by atoms with van der Waals surface area (Å²) in [6.45, 7) is 2.27. The minimum atomic E-state index is -0.888. The lowest BCUT2D eigenvalue weighted by Crippen LogP contribution is -2.40. The summed E-state index contributed by atoms with van der Waals surface area (Å²) in [4.78, 5) is 22.4. The molecule has 104 valence electrons. The van der Waals surface area contributed by atoms with E-state index in [1.165, 1.54) is 0 Å². The largest absolute Gasteiger partial charge is 0.481 e. The lowest BCUT2D eigenvalue weighted by atomic mass is 10.0. The highest BCUT2D eigenvalue weighted by Gasteiger charge is 2.12. The van der Waals surface area contributed by atoms with Crippen LogP contribution in [0.25, 0.3) is 0 Å². The molecule has 5 nitrogen and oxygen atoms in total. The topological polar surface area (TPSA) is 92.4 Å². The summed E-state index contributed by atoms with van der Waals surface area (Å²) in [6.07, 6.45) is 1.44. The Morgan fingerprint density at radius 3 is 2.53 bits per heavy atom. The van der Waals surface area contributed by atoms with E-state index in [4.69, 9.17) is 10.8 Å². The van der Waals surface area contributed by atoms with Gasteiger partial charge < -0.3 is 16.2 Å². The number of aliphatic carboxylic acids is 1. The van der Waals surface area contributed by atoms with Crippen LogP contribution >= 0.6 is 0 Å². The Kier molecular flexibility index (Phi) is 6.02. The fourth-order valence-corrected chi connectivity index (χ4v) is 1.82. The SMILES string of the molecule is CCC[C@H](N)C(=O)NCc1ccccc1CC(=O)O. The smallest absolute Gasteiger partial charge is 0.307 e. The number of carbonyl (C=O) groups excluding carboxylic acids is 1. The second-order valence-corrected chi connectivity index (χ2v) is 4.45. The first kappa shape index (κ1) is 15.2. The molecule has 1 amide bonds. The van der Waals surface area contributed by atoms with Gasteiger partial charge in [0.2, 0.25) is 5.91 Å². The van der Waals surface area contributed by atoms with Crippen molar-refractivity contribution < 1.29 is 14.7 Å². The van der Waals surface area contributed by atoms with E-state index in [-0.39, 0.29) is 12.3 Å². The maximum absolute atomic E-state index is 11.7. The van der Waals surface area contributed by atoms with E-state index in [2.05, 4.69) is 5.32 Å². The summed E-state index contributed by atoms with van der Waals surface area (Å²) in [5.74, 6) is -1.09. The van der Waals surface area contributed by atoms with Crippen LogP contribution in [-0.4, -0.2) is 23.0 Å². The fraction of sp³-hybridized carbons (Fsp3) is 0.429. The molecule has 1 aromatic carbocycles. The Labute approximate surface area is 112 Å². The van der Waals surface area contributed by atoms with Crippen molar-refractivity contribution in [3.8, 4) is 0 Å². The van der Waals surface area contributed by atoms with E-state index >= 15 is 0 Å². The Morgan fingerprint density at radius 1 is 1.32 bits per heavy atom. The van der Waals surface area contributed by atoms with Gasteiger partial charge in [-0.15, -0.1) is 0 Å². The lowest BCUT2D eigenvalue weighted by Gasteiger charge is -2.13. The highest BCUT2D eigenvalue weighted by Crippen LogP contribution is 2.09. The molecule has 0 fully saturated rings. The van der Waals surface area contributed by atoms with Crippen LogP contribution in [0.2, 0.25) is 0 Å². The van der Waals surface area contributed by atoms with Gasteiger partial charge in [-0.05, 0) is 17.5 Å². The van der Waals surface area contributed by atoms with Gasteiger partial charge >= 0.3 is 5.97 Å². The highest BCUT2D eigenvalue weighted by atomic mass is 16.4. The molecule has 1 rings (SSSR count). The third-order valence-corrected chi connectivity index (χ3v) is 2.85. The minimum absolute atomic E-state index is 0.0486. The molecular formula is C14H20N2O3. The standard InChI is InChI=1S/C14H20N2O3/c1-2-5-12(15)14(19)16-9-11-7-4-3-6-10(11)8-13(17)18/h3-4,6-7,12H,2,5,8-9,15H2,1H3,(H,16,19)(H,17,18)/t12-/m0/s1. The second kappa shape index (κ2) is 7.53. The number of carboxylic acid groups (broad SMARTS) is 1. The summed E-state index contributed by atoms with van der Waals surface area (Å²) < 4.78 is 0. The van der Waals surface area contributed by atoms with Gasteiger partial charge in [0.05, 0.1) is 12.5 Å². The van der Waals surface area contributed by atoms with Crippen LogP contribution in [0.4, 0.5) is 0 Å². The normalized spacial score (nSPS) is 11.9. The van der Waals surface area contributed by atoms with Gasteiger partial charge in [0.1, 0.15) is 0 Å². The Balaban J connectivity index is 2.62. The van der Waals surface area contributed by atoms with Gasteiger partial charge in [0.25, 0.3) is 0 Å². The van der Waals surface area contributed by atoms with Crippen molar-refractivity contribution in [3.05, 3.63) is 35.4 Å². The maximum atomic E-state index is 11.7. The van der Waals surface area contributed by atoms with Crippen molar-refractivity contribution in [3.63, 3.8) is 0 Å². The third-order valence-electron chi connectivity index (χ3n) is 2.85. The lowest BCUT2D eigenvalue weighted by molar-refractivity contribution is -0.136. The molecule has 0 bridgehead atoms. The molecule has 0 heterocycles. The first-order valence-electron chi connectivity index (χ1n) is 6.36. The molecule has 0 aliphatic carbocycles. The summed E-state index contributed by atoms with van der Waals surface area (Å²) in [7, 11) is 0. The minimum Gasteiger partial charge on any atom is -0.481 e. The van der Waals surface area contributed by atoms with Gasteiger partial charge in [-0.25, -0.2) is 0 Å². The molecule has 4 N–H and O–H groups in total. The van der Waals surface area contributed by atoms with E-state index in [1.807, 2.05) is 19.1 Å². The molecule has 1 aromatic rings. The van der Waals surface area contributed by atoms with Gasteiger partial charge in [-0.2, -0.15) is 0 Å². The zero-order chi connectivity index (χ0) is 14.3. The molecule has 5 heteroatoms. The van der Waals surface area contributed by atoms with Crippen LogP contribution < -0.4 is 11.1 Å². The van der Waals surface area contributed by atoms with Crippen molar-refractivity contribution >= 4 is 11.9 Å². The van der Waals surface area contributed by atoms with E-state index in [9.17, 15) is 9.59 Å². The number of hydrogen-bond donors (Lipinski definition) is 3. The van der Waals surface area contributed by atoms with E-state index in [0.717, 1.165) is 12.0 Å². The summed E-state index contributed by atoms with van der Waals surface area (Å²) in [5.41, 5.74) is 7.22. The second-order valence-electron chi connectivity index (χ2n) is 4.45. The number of carbonyl (C=O) groups is 2. The molecule has 19 heavy (non-hydrogen) atoms. The molecule has 0 aromatic heterocycles. The quantitative estimate of drug-likeness (QED) is 0.686. The van der Waals surface area contributed by atoms with Crippen LogP contribution in [0.5, 0.6) is 0 Å². The number of benzene rings is 1. The van der Waals surface area contributed by atoms with Gasteiger partial charge in [-0.1, -0.05) is 37.6 Å². The molecule has 0 aliphatic heterocycles. The average molecular weight is 264 g/mol. The van der Waals surface area contributed by atoms with Crippen molar-refractivity contribution in [2.24, 2.45) is 5.73 Å². The number of amides is 1. The van der Waals surface area contributed by atoms with E-state index < -0.39 is 12.0 Å². The predicted octanol–water partition coefficient (Wildman–Crippen LogP) is 1.06. The molecule has 0 spiro atoms. The first-order valence-corrected chi connectivity index (χ1v) is 6.36. The van der Waals surface area contributed by atoms with E-state index in [1.54, 1.807) is 12.1 Å². The van der Waals surface area contributed by atoms with Crippen molar-refractivity contribution in [1.29, 1.82) is 0 Å². The molecule has 0 radical (unpaired) electrons. The monoisotopic (exact) mass is 264 g/mol. The Hall–Kier alpha value is -1.88. The number of rotatable bonds is 7. The Morgan fingerprint density at radius 2 is 1.95 bits per heavy atom. The highest BCUT2D eigenvalue weighted by molar-refractivity contribution is 5.81. The van der Waals surface area contributed by atoms with Crippen LogP contribution in [0.3, 0.4) is 0 Å². The molecule has 0 saturated heterocycles. The van der Waals surface area contributed by atoms with Gasteiger partial charge in [0.15, 0.2) is 0 Å². The van der Waals surface area contributed by atoms with Crippen LogP contribution in [0.1, 0.15) is 30.9 Å². The van der Waals surface area contributed by atoms with Crippen molar-refractivity contribution in [2.45, 2.75) is 38.8 Å². The number of nitrogens with one attached hydrogen (secondary N) is 1. The Bertz CT molecular complexity index is 446. The van der Waals surface area contributed by atoms with Crippen LogP contribution in [0, 0.1) is 0 Å². The van der Waals surface area contributed by atoms with Crippen LogP contribution in [-0.2, 0) is 22.6 Å². The van der Waals surface area contributed by atoms with Gasteiger partial charge in [0, 0.05) is 6.54 Å². The first-order chi connectivity index (χ1) is 9.04. The number of nitrogens with two attached hydrogens (primary N) is 1. The molecule has 1 atom stereocenters. The number of carboxylic acids is 1. The fourth-order valence-electron chi connectivity index (χ4n) is 1.82. The summed E-state index contributed by atoms with van der Waals surface area (Å²) >= 11 is 0. The summed E-state index contributed by atoms with van der Waals surface area (Å²) in [5, 5.41) is 11.6. The average Bonchev–Trinajstić information content (AvgIpc) is 2.37. The predicted molar refractivity (Wildman–Crippen MR) is 72.5 cm³/mol. The van der Waals surface area contributed by atoms with Crippen molar-refractivity contribution in [2.75, 3.05) is 0 Å². The number of hydrogen-bond acceptors (Lipinski definition) is 3. The van der Waals surface area contributed by atoms with E-state index in [0.29, 0.717) is 18.5 Å². The van der Waals surface area contributed by atoms with Crippen LogP contribution in [0.15, 0.2) is 24.3 Å². The van der Waals surface area contributed by atoms with Gasteiger partial charge in [-0.3, -0.25) is 9.59 Å². The van der Waals surface area contributed by atoms with Crippen molar-refractivity contribution in [1.82, 2.24) is 5.32 Å². The zero-order valence-electron chi connectivity index (χ0n) is 11.1. The molecule has 0 aliphatic rings. The molecule has 0 unspecified atom stereocenters.